The highest BCUT2D eigenvalue weighted by atomic mass is 35.5. The number of benzene rings is 2. The molecule has 12 nitrogen and oxygen atoms in total. The summed E-state index contributed by atoms with van der Waals surface area (Å²) in [5.41, 5.74) is 4.03. The summed E-state index contributed by atoms with van der Waals surface area (Å²) in [6.07, 6.45) is -4.55. The smallest absolute Gasteiger partial charge is 0.226 e. The first-order chi connectivity index (χ1) is 20.2. The second kappa shape index (κ2) is 12.1. The van der Waals surface area contributed by atoms with E-state index < -0.39 is 41.3 Å². The molecule has 5 unspecified atom stereocenters. The Labute approximate surface area is 250 Å². The van der Waals surface area contributed by atoms with E-state index in [0.717, 1.165) is 0 Å². The average molecular weight is 636 g/mol. The zero-order chi connectivity index (χ0) is 29.6. The van der Waals surface area contributed by atoms with Crippen LogP contribution in [-0.4, -0.2) is 91.7 Å². The number of nitrogens with zero attached hydrogens (tertiary/aromatic N) is 4. The van der Waals surface area contributed by atoms with Gasteiger partial charge in [-0.1, -0.05) is 60.2 Å². The Kier molecular flexibility index (Phi) is 8.57. The predicted molar refractivity (Wildman–Crippen MR) is 161 cm³/mol. The number of halogens is 1. The molecule has 1 aromatic heterocycles. The van der Waals surface area contributed by atoms with Gasteiger partial charge in [-0.2, -0.15) is 9.97 Å². The van der Waals surface area contributed by atoms with Crippen molar-refractivity contribution < 1.29 is 34.2 Å². The summed E-state index contributed by atoms with van der Waals surface area (Å²) >= 11 is 6.43. The lowest BCUT2D eigenvalue weighted by Gasteiger charge is -2.52. The van der Waals surface area contributed by atoms with Crippen LogP contribution in [0.3, 0.4) is 0 Å². The van der Waals surface area contributed by atoms with E-state index >= 15 is 0 Å². The minimum absolute atomic E-state index is 0.0355. The van der Waals surface area contributed by atoms with Crippen LogP contribution in [0.25, 0.3) is 0 Å². The minimum atomic E-state index is -2.32. The van der Waals surface area contributed by atoms with Gasteiger partial charge in [-0.15, -0.1) is 0 Å². The van der Waals surface area contributed by atoms with E-state index in [2.05, 4.69) is 63.5 Å². The Morgan fingerprint density at radius 1 is 1.00 bits per heavy atom. The fraction of sp³-hybridized carbons (Fsp3) is 0.407. The van der Waals surface area contributed by atoms with Crippen LogP contribution in [0.5, 0.6) is 0 Å². The Hall–Kier alpha value is -2.21. The lowest BCUT2D eigenvalue weighted by molar-refractivity contribution is -0.0157. The van der Waals surface area contributed by atoms with E-state index in [1.165, 1.54) is 16.7 Å². The first-order valence-electron chi connectivity index (χ1n) is 13.4. The summed E-state index contributed by atoms with van der Waals surface area (Å²) in [5.74, 6) is 0.771. The normalized spacial score (nSPS) is 25.3. The molecule has 0 amide bonds. The molecule has 0 bridgehead atoms. The Bertz CT molecular complexity index is 1400. The van der Waals surface area contributed by atoms with Crippen LogP contribution < -0.4 is 15.1 Å². The number of aryl methyl sites for hydroxylation is 1. The van der Waals surface area contributed by atoms with Crippen LogP contribution in [0.2, 0.25) is 5.28 Å². The van der Waals surface area contributed by atoms with Crippen molar-refractivity contribution >= 4 is 45.7 Å². The van der Waals surface area contributed by atoms with Gasteiger partial charge in [-0.25, -0.2) is 0 Å². The van der Waals surface area contributed by atoms with Crippen LogP contribution in [0.15, 0.2) is 54.6 Å². The number of fused-ring (bicyclic) bond motifs is 1. The number of rotatable bonds is 9. The molecule has 2 fully saturated rings. The van der Waals surface area contributed by atoms with Crippen molar-refractivity contribution in [3.05, 3.63) is 76.6 Å². The van der Waals surface area contributed by atoms with Crippen LogP contribution in [0.1, 0.15) is 16.7 Å². The van der Waals surface area contributed by atoms with E-state index in [1.807, 2.05) is 18.2 Å². The zero-order valence-corrected chi connectivity index (χ0v) is 25.2. The van der Waals surface area contributed by atoms with E-state index in [4.69, 9.17) is 30.6 Å². The number of anilines is 3. The molecule has 3 aliphatic heterocycles. The number of hydrogen-bond donors (Lipinski definition) is 6. The van der Waals surface area contributed by atoms with Crippen molar-refractivity contribution in [3.63, 3.8) is 0 Å². The third kappa shape index (κ3) is 5.57. The molecule has 5 atom stereocenters. The van der Waals surface area contributed by atoms with Crippen LogP contribution in [-0.2, 0) is 14.7 Å². The highest BCUT2D eigenvalue weighted by molar-refractivity contribution is 7.63. The minimum Gasteiger partial charge on any atom is -0.387 e. The second-order valence-corrected chi connectivity index (χ2v) is 13.9. The molecule has 6 N–H and O–H groups in total. The van der Waals surface area contributed by atoms with Crippen molar-refractivity contribution in [2.75, 3.05) is 47.4 Å². The van der Waals surface area contributed by atoms with Gasteiger partial charge in [-0.05, 0) is 29.7 Å². The molecular formula is C27H32ClN5O7P2. The molecule has 0 radical (unpaired) electrons. The standard InChI is InChI=1S/C27H32ClN5O7P2/c1-16-7-9-18(10-8-16)27(17-5-3-2-4-6-17)12-32(13-27)23-20-24(31-26(28)30-23)33(14-29-20)25-22(35)21(34)19(40-25)11-39-42(38)15-41(36)37/h2-10,19,21-22,25,29,34-38H,11-15H2,1H3. The monoisotopic (exact) mass is 635 g/mol. The summed E-state index contributed by atoms with van der Waals surface area (Å²) < 4.78 is 11.2. The molecular weight excluding hydrogens is 604 g/mol. The van der Waals surface area contributed by atoms with E-state index in [-0.39, 0.29) is 29.9 Å². The fourth-order valence-electron chi connectivity index (χ4n) is 5.81. The number of nitrogens with one attached hydrogen (secondary N) is 1. The number of ether oxygens (including phenoxy) is 1. The van der Waals surface area contributed by atoms with Crippen LogP contribution >= 0.6 is 28.4 Å². The van der Waals surface area contributed by atoms with Gasteiger partial charge in [0.05, 0.1) is 24.6 Å². The molecule has 0 saturated carbocycles. The van der Waals surface area contributed by atoms with Crippen molar-refractivity contribution in [1.82, 2.24) is 9.97 Å². The highest BCUT2D eigenvalue weighted by Crippen LogP contribution is 2.48. The third-order valence-electron chi connectivity index (χ3n) is 7.97. The summed E-state index contributed by atoms with van der Waals surface area (Å²) in [6.45, 7) is 3.38. The van der Waals surface area contributed by atoms with Crippen LogP contribution in [0.4, 0.5) is 17.3 Å². The van der Waals surface area contributed by atoms with Gasteiger partial charge >= 0.3 is 0 Å². The van der Waals surface area contributed by atoms with Crippen molar-refractivity contribution in [1.29, 1.82) is 0 Å². The van der Waals surface area contributed by atoms with Gasteiger partial charge in [0.15, 0.2) is 34.6 Å². The molecule has 0 aliphatic carbocycles. The predicted octanol–water partition coefficient (Wildman–Crippen LogP) is 2.46. The Balaban J connectivity index is 1.23. The highest BCUT2D eigenvalue weighted by Gasteiger charge is 2.50. The largest absolute Gasteiger partial charge is 0.387 e. The molecule has 4 heterocycles. The Morgan fingerprint density at radius 2 is 1.67 bits per heavy atom. The molecule has 0 spiro atoms. The lowest BCUT2D eigenvalue weighted by Crippen LogP contribution is -2.60. The zero-order valence-electron chi connectivity index (χ0n) is 22.7. The molecule has 3 aliphatic rings. The first-order valence-corrected chi connectivity index (χ1v) is 16.6. The van der Waals surface area contributed by atoms with Crippen molar-refractivity contribution in [3.8, 4) is 0 Å². The number of hydrogen-bond acceptors (Lipinski definition) is 12. The third-order valence-corrected chi connectivity index (χ3v) is 10.6. The van der Waals surface area contributed by atoms with E-state index in [0.29, 0.717) is 30.4 Å². The van der Waals surface area contributed by atoms with Gasteiger partial charge in [0.1, 0.15) is 24.0 Å². The average Bonchev–Trinajstić information content (AvgIpc) is 3.48. The van der Waals surface area contributed by atoms with Gasteiger partial charge in [0.2, 0.25) is 5.28 Å². The SMILES string of the molecule is Cc1ccc(C2(c3ccccc3)CN(c3nc(Cl)nc4c3NCN4C3OC(COP(O)CP(O)O)C(O)C3O)C2)cc1. The second-order valence-electron chi connectivity index (χ2n) is 10.7. The van der Waals surface area contributed by atoms with Crippen LogP contribution in [0, 0.1) is 6.92 Å². The number of aliphatic hydroxyl groups is 2. The molecule has 15 heteroatoms. The maximum absolute atomic E-state index is 10.8. The fourth-order valence-corrected chi connectivity index (χ4v) is 7.48. The maximum atomic E-state index is 10.8. The maximum Gasteiger partial charge on any atom is 0.226 e. The molecule has 42 heavy (non-hydrogen) atoms. The molecule has 2 saturated heterocycles. The van der Waals surface area contributed by atoms with Crippen molar-refractivity contribution in [2.45, 2.75) is 36.9 Å². The molecule has 6 rings (SSSR count). The molecule has 2 aromatic carbocycles. The van der Waals surface area contributed by atoms with Crippen molar-refractivity contribution in [2.24, 2.45) is 0 Å². The lowest BCUT2D eigenvalue weighted by atomic mass is 9.68. The van der Waals surface area contributed by atoms with E-state index in [1.54, 1.807) is 4.90 Å². The number of aromatic nitrogens is 2. The summed E-state index contributed by atoms with van der Waals surface area (Å²) in [5, 5.41) is 24.8. The summed E-state index contributed by atoms with van der Waals surface area (Å²) in [7, 11) is -4.42. The van der Waals surface area contributed by atoms with Gasteiger partial charge in [0, 0.05) is 13.1 Å². The summed E-state index contributed by atoms with van der Waals surface area (Å²) in [4.78, 5) is 40.8. The summed E-state index contributed by atoms with van der Waals surface area (Å²) in [6, 6.07) is 19.0. The topological polar surface area (TPSA) is 164 Å². The molecule has 3 aromatic rings. The van der Waals surface area contributed by atoms with E-state index in [9.17, 15) is 15.1 Å². The quantitative estimate of drug-likeness (QED) is 0.151. The Morgan fingerprint density at radius 3 is 2.36 bits per heavy atom. The van der Waals surface area contributed by atoms with Gasteiger partial charge in [0.25, 0.3) is 0 Å². The first kappa shape index (κ1) is 29.8. The number of aliphatic hydroxyl groups excluding tert-OH is 2. The molecule has 224 valence electrons. The van der Waals surface area contributed by atoms with Gasteiger partial charge in [-0.3, -0.25) is 0 Å². The van der Waals surface area contributed by atoms with Gasteiger partial charge < -0.3 is 49.3 Å².